The molecule has 1 aromatic heterocycles. The summed E-state index contributed by atoms with van der Waals surface area (Å²) in [5.74, 6) is 1.73. The van der Waals surface area contributed by atoms with Crippen LogP contribution in [0.15, 0.2) is 29.5 Å². The minimum absolute atomic E-state index is 0.0652. The summed E-state index contributed by atoms with van der Waals surface area (Å²) >= 11 is 12.0. The lowest BCUT2D eigenvalue weighted by molar-refractivity contribution is 0.110. The molecule has 0 spiro atoms. The predicted molar refractivity (Wildman–Crippen MR) is 102 cm³/mol. The standard InChI is InChI=1S/C16H22Cl2N6O2/c1-3-19-16(21-8-14-22-10-23-24(14)2)20-7-11(25)9-26-13-6-4-5-12(17)15(13)18/h4-6,10-11,25H,3,7-9H2,1-2H3,(H2,19,20,21). The van der Waals surface area contributed by atoms with Gasteiger partial charge in [0.15, 0.2) is 5.96 Å². The molecule has 1 unspecified atom stereocenters. The van der Waals surface area contributed by atoms with Crippen LogP contribution in [0, 0.1) is 0 Å². The summed E-state index contributed by atoms with van der Waals surface area (Å²) in [6, 6.07) is 5.10. The lowest BCUT2D eigenvalue weighted by Gasteiger charge is -2.16. The summed E-state index contributed by atoms with van der Waals surface area (Å²) in [7, 11) is 1.81. The number of guanidine groups is 1. The smallest absolute Gasteiger partial charge is 0.191 e. The van der Waals surface area contributed by atoms with E-state index in [-0.39, 0.29) is 13.2 Å². The Balaban J connectivity index is 1.83. The number of aryl methyl sites for hydroxylation is 1. The first kappa shape index (κ1) is 20.3. The average molecular weight is 401 g/mol. The number of hydrogen-bond acceptors (Lipinski definition) is 5. The number of aliphatic imine (C=N–C) groups is 1. The van der Waals surface area contributed by atoms with Gasteiger partial charge < -0.3 is 20.5 Å². The highest BCUT2D eigenvalue weighted by Gasteiger charge is 2.10. The lowest BCUT2D eigenvalue weighted by atomic mass is 10.3. The zero-order valence-electron chi connectivity index (χ0n) is 14.6. The van der Waals surface area contributed by atoms with Crippen molar-refractivity contribution in [3.05, 3.63) is 40.4 Å². The minimum atomic E-state index is -0.760. The Morgan fingerprint density at radius 3 is 2.88 bits per heavy atom. The van der Waals surface area contributed by atoms with E-state index < -0.39 is 6.10 Å². The van der Waals surface area contributed by atoms with E-state index in [0.717, 1.165) is 5.82 Å². The topological polar surface area (TPSA) is 96.6 Å². The Bertz CT molecular complexity index is 737. The minimum Gasteiger partial charge on any atom is -0.489 e. The van der Waals surface area contributed by atoms with Gasteiger partial charge in [0, 0.05) is 20.1 Å². The first-order valence-electron chi connectivity index (χ1n) is 8.11. The summed E-state index contributed by atoms with van der Waals surface area (Å²) in [4.78, 5) is 8.53. The molecule has 0 bridgehead atoms. The van der Waals surface area contributed by atoms with Crippen LogP contribution in [0.4, 0.5) is 0 Å². The van der Waals surface area contributed by atoms with Gasteiger partial charge in [0.25, 0.3) is 0 Å². The maximum absolute atomic E-state index is 10.1. The van der Waals surface area contributed by atoms with Crippen molar-refractivity contribution in [3.8, 4) is 5.75 Å². The van der Waals surface area contributed by atoms with Gasteiger partial charge in [-0.2, -0.15) is 5.10 Å². The maximum Gasteiger partial charge on any atom is 0.191 e. The fourth-order valence-corrected chi connectivity index (χ4v) is 2.36. The summed E-state index contributed by atoms with van der Waals surface area (Å²) in [5.41, 5.74) is 0. The second kappa shape index (κ2) is 10.2. The highest BCUT2D eigenvalue weighted by molar-refractivity contribution is 6.42. The van der Waals surface area contributed by atoms with E-state index in [1.54, 1.807) is 29.9 Å². The molecule has 3 N–H and O–H groups in total. The molecule has 0 aliphatic rings. The van der Waals surface area contributed by atoms with Gasteiger partial charge in [0.05, 0.1) is 5.02 Å². The molecule has 0 saturated heterocycles. The fourth-order valence-electron chi connectivity index (χ4n) is 2.01. The number of hydrogen-bond donors (Lipinski definition) is 3. The molecule has 1 aromatic carbocycles. The molecule has 1 heterocycles. The Morgan fingerprint density at radius 1 is 1.38 bits per heavy atom. The summed E-state index contributed by atoms with van der Waals surface area (Å²) in [6.45, 7) is 3.34. The van der Waals surface area contributed by atoms with E-state index in [1.807, 2.05) is 6.92 Å². The van der Waals surface area contributed by atoms with Crippen LogP contribution in [-0.2, 0) is 13.6 Å². The van der Waals surface area contributed by atoms with Crippen molar-refractivity contribution in [2.45, 2.75) is 19.6 Å². The highest BCUT2D eigenvalue weighted by Crippen LogP contribution is 2.31. The van der Waals surface area contributed by atoms with Crippen molar-refractivity contribution in [2.24, 2.45) is 12.0 Å². The number of aliphatic hydroxyl groups is 1. The van der Waals surface area contributed by atoms with Crippen LogP contribution in [0.2, 0.25) is 10.0 Å². The fraction of sp³-hybridized carbons (Fsp3) is 0.438. The van der Waals surface area contributed by atoms with Gasteiger partial charge in [-0.05, 0) is 19.1 Å². The van der Waals surface area contributed by atoms with Gasteiger partial charge in [-0.3, -0.25) is 4.68 Å². The van der Waals surface area contributed by atoms with E-state index in [0.29, 0.717) is 34.8 Å². The summed E-state index contributed by atoms with van der Waals surface area (Å²) < 4.78 is 7.18. The normalized spacial score (nSPS) is 12.7. The molecule has 0 amide bonds. The molecular weight excluding hydrogens is 379 g/mol. The van der Waals surface area contributed by atoms with E-state index in [9.17, 15) is 5.11 Å². The Kier molecular flexibility index (Phi) is 7.96. The molecule has 26 heavy (non-hydrogen) atoms. The van der Waals surface area contributed by atoms with Crippen LogP contribution in [0.3, 0.4) is 0 Å². The van der Waals surface area contributed by atoms with Crippen LogP contribution in [0.1, 0.15) is 12.7 Å². The monoisotopic (exact) mass is 400 g/mol. The van der Waals surface area contributed by atoms with Gasteiger partial charge in [-0.25, -0.2) is 9.98 Å². The van der Waals surface area contributed by atoms with Crippen molar-refractivity contribution in [3.63, 3.8) is 0 Å². The highest BCUT2D eigenvalue weighted by atomic mass is 35.5. The van der Waals surface area contributed by atoms with Crippen LogP contribution in [0.25, 0.3) is 0 Å². The quantitative estimate of drug-likeness (QED) is 0.460. The second-order valence-electron chi connectivity index (χ2n) is 5.39. The first-order chi connectivity index (χ1) is 12.5. The number of aliphatic hydroxyl groups excluding tert-OH is 1. The van der Waals surface area contributed by atoms with Gasteiger partial charge in [0.2, 0.25) is 0 Å². The van der Waals surface area contributed by atoms with Gasteiger partial charge in [-0.15, -0.1) is 0 Å². The molecule has 0 radical (unpaired) electrons. The van der Waals surface area contributed by atoms with Crippen molar-refractivity contribution >= 4 is 29.2 Å². The first-order valence-corrected chi connectivity index (χ1v) is 8.86. The third-order valence-corrected chi connectivity index (χ3v) is 4.18. The molecule has 2 aromatic rings. The number of ether oxygens (including phenoxy) is 1. The molecule has 8 nitrogen and oxygen atoms in total. The maximum atomic E-state index is 10.1. The number of halogens is 2. The number of nitrogens with one attached hydrogen (secondary N) is 2. The molecule has 0 aliphatic heterocycles. The molecule has 0 fully saturated rings. The summed E-state index contributed by atoms with van der Waals surface area (Å²) in [6.07, 6.45) is 0.719. The number of nitrogens with zero attached hydrogens (tertiary/aromatic N) is 4. The van der Waals surface area contributed by atoms with Crippen LogP contribution in [-0.4, -0.2) is 51.6 Å². The summed E-state index contributed by atoms with van der Waals surface area (Å²) in [5, 5.41) is 21.0. The third-order valence-electron chi connectivity index (χ3n) is 3.38. The second-order valence-corrected chi connectivity index (χ2v) is 6.18. The van der Waals surface area contributed by atoms with Gasteiger partial charge in [0.1, 0.15) is 42.2 Å². The number of benzene rings is 1. The largest absolute Gasteiger partial charge is 0.489 e. The van der Waals surface area contributed by atoms with Crippen molar-refractivity contribution in [1.82, 2.24) is 25.4 Å². The number of aromatic nitrogens is 3. The van der Waals surface area contributed by atoms with Crippen molar-refractivity contribution < 1.29 is 9.84 Å². The zero-order chi connectivity index (χ0) is 18.9. The SMILES string of the molecule is CCNC(=NCc1ncnn1C)NCC(O)COc1cccc(Cl)c1Cl. The Hall–Kier alpha value is -2.03. The Morgan fingerprint density at radius 2 is 2.19 bits per heavy atom. The molecule has 2 rings (SSSR count). The lowest BCUT2D eigenvalue weighted by Crippen LogP contribution is -2.42. The van der Waals surface area contributed by atoms with E-state index in [4.69, 9.17) is 27.9 Å². The Labute approximate surface area is 162 Å². The molecule has 10 heteroatoms. The molecule has 0 aliphatic carbocycles. The molecule has 0 saturated carbocycles. The van der Waals surface area contributed by atoms with Crippen LogP contribution < -0.4 is 15.4 Å². The van der Waals surface area contributed by atoms with Crippen LogP contribution >= 0.6 is 23.2 Å². The van der Waals surface area contributed by atoms with Crippen molar-refractivity contribution in [2.75, 3.05) is 19.7 Å². The van der Waals surface area contributed by atoms with Gasteiger partial charge >= 0.3 is 0 Å². The average Bonchev–Trinajstić information content (AvgIpc) is 3.03. The van der Waals surface area contributed by atoms with Crippen LogP contribution in [0.5, 0.6) is 5.75 Å². The predicted octanol–water partition coefficient (Wildman–Crippen LogP) is 1.62. The molecule has 142 valence electrons. The number of rotatable bonds is 8. The third kappa shape index (κ3) is 6.05. The zero-order valence-corrected chi connectivity index (χ0v) is 16.1. The molecule has 1 atom stereocenters. The van der Waals surface area contributed by atoms with E-state index in [2.05, 4.69) is 25.7 Å². The van der Waals surface area contributed by atoms with Crippen molar-refractivity contribution in [1.29, 1.82) is 0 Å². The van der Waals surface area contributed by atoms with E-state index >= 15 is 0 Å². The van der Waals surface area contributed by atoms with Gasteiger partial charge in [-0.1, -0.05) is 29.3 Å². The molecular formula is C16H22Cl2N6O2. The van der Waals surface area contributed by atoms with E-state index in [1.165, 1.54) is 6.33 Å².